The van der Waals surface area contributed by atoms with Crippen molar-refractivity contribution in [3.63, 3.8) is 0 Å². The first-order chi connectivity index (χ1) is 11.6. The number of carbonyl (C=O) groups is 1. The molecule has 1 aromatic heterocycles. The molecule has 3 atom stereocenters. The highest BCUT2D eigenvalue weighted by Gasteiger charge is 2.41. The molecule has 7 heteroatoms. The number of ether oxygens (including phenoxy) is 2. The summed E-state index contributed by atoms with van der Waals surface area (Å²) in [6.45, 7) is 7.69. The van der Waals surface area contributed by atoms with Gasteiger partial charge in [-0.15, -0.1) is 0 Å². The van der Waals surface area contributed by atoms with Crippen LogP contribution in [0.2, 0.25) is 0 Å². The number of carbonyl (C=O) groups excluding carboxylic acids is 1. The normalized spacial score (nSPS) is 27.2. The first-order valence-electron chi connectivity index (χ1n) is 8.64. The van der Waals surface area contributed by atoms with Gasteiger partial charge >= 0.3 is 0 Å². The number of fused-ring (bicyclic) bond motifs is 1. The molecule has 1 amide bonds. The van der Waals surface area contributed by atoms with E-state index in [1.54, 1.807) is 7.11 Å². The number of rotatable bonds is 6. The van der Waals surface area contributed by atoms with Crippen LogP contribution < -0.4 is 5.32 Å². The summed E-state index contributed by atoms with van der Waals surface area (Å²) in [6.07, 6.45) is 1.70. The Morgan fingerprint density at radius 1 is 1.46 bits per heavy atom. The van der Waals surface area contributed by atoms with Crippen LogP contribution in [0.25, 0.3) is 0 Å². The van der Waals surface area contributed by atoms with Gasteiger partial charge in [0.15, 0.2) is 0 Å². The molecule has 1 aromatic rings. The van der Waals surface area contributed by atoms with E-state index < -0.39 is 0 Å². The molecule has 2 fully saturated rings. The van der Waals surface area contributed by atoms with Gasteiger partial charge in [-0.05, 0) is 39.2 Å². The smallest absolute Gasteiger partial charge is 0.249 e. The molecule has 3 heterocycles. The zero-order valence-electron chi connectivity index (χ0n) is 14.7. The Hall–Kier alpha value is -1.44. The van der Waals surface area contributed by atoms with E-state index in [0.717, 1.165) is 43.9 Å². The summed E-state index contributed by atoms with van der Waals surface area (Å²) in [5, 5.41) is 6.90. The Labute approximate surface area is 142 Å². The van der Waals surface area contributed by atoms with Crippen molar-refractivity contribution in [2.24, 2.45) is 5.92 Å². The molecule has 1 N–H and O–H groups in total. The molecule has 2 saturated heterocycles. The lowest BCUT2D eigenvalue weighted by molar-refractivity contribution is -0.133. The molecule has 0 spiro atoms. The topological polar surface area (TPSA) is 76.8 Å². The number of nitrogens with one attached hydrogen (secondary N) is 1. The molecule has 2 aliphatic heterocycles. The monoisotopic (exact) mass is 337 g/mol. The van der Waals surface area contributed by atoms with Gasteiger partial charge in [-0.25, -0.2) is 0 Å². The third-order valence-corrected chi connectivity index (χ3v) is 5.10. The van der Waals surface area contributed by atoms with Crippen molar-refractivity contribution in [2.45, 2.75) is 45.4 Å². The van der Waals surface area contributed by atoms with Gasteiger partial charge in [0.1, 0.15) is 11.9 Å². The number of aryl methyl sites for hydroxylation is 2. The lowest BCUT2D eigenvalue weighted by atomic mass is 9.91. The minimum absolute atomic E-state index is 0.0151. The van der Waals surface area contributed by atoms with E-state index in [1.807, 2.05) is 13.8 Å². The van der Waals surface area contributed by atoms with Crippen LogP contribution >= 0.6 is 0 Å². The van der Waals surface area contributed by atoms with Crippen molar-refractivity contribution < 1.29 is 18.8 Å². The Balaban J connectivity index is 1.52. The van der Waals surface area contributed by atoms with E-state index in [2.05, 4.69) is 15.4 Å². The molecule has 0 aromatic carbocycles. The highest BCUT2D eigenvalue weighted by molar-refractivity contribution is 5.81. The molecular weight excluding hydrogens is 310 g/mol. The number of amides is 1. The second kappa shape index (κ2) is 7.63. The van der Waals surface area contributed by atoms with E-state index in [0.29, 0.717) is 19.1 Å². The summed E-state index contributed by atoms with van der Waals surface area (Å²) < 4.78 is 16.2. The average molecular weight is 337 g/mol. The molecule has 24 heavy (non-hydrogen) atoms. The predicted molar refractivity (Wildman–Crippen MR) is 87.5 cm³/mol. The number of likely N-dealkylation sites (tertiary alicyclic amines) is 1. The third-order valence-electron chi connectivity index (χ3n) is 5.10. The summed E-state index contributed by atoms with van der Waals surface area (Å²) in [6, 6.07) is 0. The molecule has 134 valence electrons. The molecule has 0 unspecified atom stereocenters. The Kier molecular flexibility index (Phi) is 5.53. The van der Waals surface area contributed by atoms with Gasteiger partial charge in [-0.3, -0.25) is 9.69 Å². The second-order valence-electron chi connectivity index (χ2n) is 6.77. The summed E-state index contributed by atoms with van der Waals surface area (Å²) >= 11 is 0. The number of methoxy groups -OCH3 is 1. The molecule has 0 saturated carbocycles. The summed E-state index contributed by atoms with van der Waals surface area (Å²) in [5.41, 5.74) is 2.12. The number of nitrogens with zero attached hydrogens (tertiary/aromatic N) is 2. The lowest BCUT2D eigenvalue weighted by Gasteiger charge is -2.33. The van der Waals surface area contributed by atoms with E-state index in [1.165, 1.54) is 5.56 Å². The number of piperidine rings is 1. The van der Waals surface area contributed by atoms with Gasteiger partial charge in [-0.2, -0.15) is 0 Å². The molecule has 0 bridgehead atoms. The first kappa shape index (κ1) is 17.4. The zero-order valence-corrected chi connectivity index (χ0v) is 14.7. The van der Waals surface area contributed by atoms with E-state index in [4.69, 9.17) is 14.0 Å². The van der Waals surface area contributed by atoms with Crippen molar-refractivity contribution >= 4 is 5.91 Å². The fourth-order valence-corrected chi connectivity index (χ4v) is 3.65. The zero-order chi connectivity index (χ0) is 17.1. The number of hydrogen-bond acceptors (Lipinski definition) is 6. The molecule has 3 rings (SSSR count). The van der Waals surface area contributed by atoms with E-state index in [-0.39, 0.29) is 18.1 Å². The van der Waals surface area contributed by atoms with Gasteiger partial charge in [0.05, 0.1) is 18.4 Å². The quantitative estimate of drug-likeness (QED) is 0.782. The van der Waals surface area contributed by atoms with Crippen LogP contribution in [0, 0.1) is 19.8 Å². The van der Waals surface area contributed by atoms with Crippen molar-refractivity contribution in [1.82, 2.24) is 15.4 Å². The average Bonchev–Trinajstić information content (AvgIpc) is 3.13. The summed E-state index contributed by atoms with van der Waals surface area (Å²) in [7, 11) is 1.63. The van der Waals surface area contributed by atoms with Gasteiger partial charge in [0.2, 0.25) is 5.91 Å². The van der Waals surface area contributed by atoms with Crippen LogP contribution in [-0.4, -0.2) is 61.5 Å². The maximum Gasteiger partial charge on any atom is 0.249 e. The summed E-state index contributed by atoms with van der Waals surface area (Å²) in [5.74, 6) is 1.35. The Morgan fingerprint density at radius 2 is 2.29 bits per heavy atom. The fourth-order valence-electron chi connectivity index (χ4n) is 3.65. The highest BCUT2D eigenvalue weighted by atomic mass is 16.5. The minimum Gasteiger partial charge on any atom is -0.383 e. The SMILES string of the molecule is COCCNC(=O)[C@H]1C[C@H]2CCN(Cc3c(C)noc3C)C[C@H]2O1. The Morgan fingerprint density at radius 3 is 3.00 bits per heavy atom. The lowest BCUT2D eigenvalue weighted by Crippen LogP contribution is -2.42. The van der Waals surface area contributed by atoms with E-state index >= 15 is 0 Å². The van der Waals surface area contributed by atoms with Crippen molar-refractivity contribution in [2.75, 3.05) is 33.4 Å². The van der Waals surface area contributed by atoms with Crippen molar-refractivity contribution in [1.29, 1.82) is 0 Å². The summed E-state index contributed by atoms with van der Waals surface area (Å²) in [4.78, 5) is 14.5. The molecule has 0 radical (unpaired) electrons. The Bertz CT molecular complexity index is 555. The first-order valence-corrected chi connectivity index (χ1v) is 8.64. The van der Waals surface area contributed by atoms with Crippen molar-refractivity contribution in [3.8, 4) is 0 Å². The van der Waals surface area contributed by atoms with Crippen molar-refractivity contribution in [3.05, 3.63) is 17.0 Å². The standard InChI is InChI=1S/C17H27N3O4/c1-11-14(12(2)24-19-11)9-20-6-4-13-8-15(23-16(13)10-20)17(21)18-5-7-22-3/h13,15-16H,4-10H2,1-3H3,(H,18,21)/t13-,15-,16-/m1/s1. The molecular formula is C17H27N3O4. The third kappa shape index (κ3) is 3.79. The highest BCUT2D eigenvalue weighted by Crippen LogP contribution is 2.34. The van der Waals surface area contributed by atoms with Crippen LogP contribution in [0.1, 0.15) is 29.9 Å². The van der Waals surface area contributed by atoms with Crippen LogP contribution in [0.3, 0.4) is 0 Å². The van der Waals surface area contributed by atoms with Crippen LogP contribution in [-0.2, 0) is 20.8 Å². The second-order valence-corrected chi connectivity index (χ2v) is 6.77. The number of hydrogen-bond donors (Lipinski definition) is 1. The van der Waals surface area contributed by atoms with Crippen LogP contribution in [0.15, 0.2) is 4.52 Å². The van der Waals surface area contributed by atoms with Crippen LogP contribution in [0.4, 0.5) is 0 Å². The van der Waals surface area contributed by atoms with Gasteiger partial charge < -0.3 is 19.3 Å². The van der Waals surface area contributed by atoms with Gasteiger partial charge in [-0.1, -0.05) is 5.16 Å². The van der Waals surface area contributed by atoms with Gasteiger partial charge in [0.25, 0.3) is 0 Å². The van der Waals surface area contributed by atoms with E-state index in [9.17, 15) is 4.79 Å². The number of aromatic nitrogens is 1. The largest absolute Gasteiger partial charge is 0.383 e. The maximum atomic E-state index is 12.2. The van der Waals surface area contributed by atoms with Crippen LogP contribution in [0.5, 0.6) is 0 Å². The fraction of sp³-hybridized carbons (Fsp3) is 0.765. The minimum atomic E-state index is -0.323. The molecule has 7 nitrogen and oxygen atoms in total. The molecule has 2 aliphatic rings. The predicted octanol–water partition coefficient (Wildman–Crippen LogP) is 1.03. The maximum absolute atomic E-state index is 12.2. The molecule has 0 aliphatic carbocycles. The van der Waals surface area contributed by atoms with Gasteiger partial charge in [0, 0.05) is 32.3 Å².